The topological polar surface area (TPSA) is 137 Å². The predicted molar refractivity (Wildman–Crippen MR) is 115 cm³/mol. The van der Waals surface area contributed by atoms with Gasteiger partial charge < -0.3 is 15.4 Å². The Bertz CT molecular complexity index is 801. The second kappa shape index (κ2) is 12.0. The van der Waals surface area contributed by atoms with Gasteiger partial charge in [0.2, 0.25) is 11.8 Å². The highest BCUT2D eigenvalue weighted by atomic mass is 16.6. The van der Waals surface area contributed by atoms with Gasteiger partial charge in [-0.25, -0.2) is 10.3 Å². The van der Waals surface area contributed by atoms with Gasteiger partial charge in [-0.15, -0.1) is 0 Å². The van der Waals surface area contributed by atoms with Crippen molar-refractivity contribution in [1.82, 2.24) is 21.0 Å². The Morgan fingerprint density at radius 1 is 1.09 bits per heavy atom. The number of carbonyl (C=O) groups excluding carboxylic acids is 4. The molecule has 1 heterocycles. The van der Waals surface area contributed by atoms with E-state index in [-0.39, 0.29) is 12.5 Å². The van der Waals surface area contributed by atoms with E-state index in [0.29, 0.717) is 25.8 Å². The van der Waals surface area contributed by atoms with Crippen molar-refractivity contribution in [1.29, 1.82) is 0 Å². The van der Waals surface area contributed by atoms with Crippen LogP contribution in [0.3, 0.4) is 0 Å². The molecule has 176 valence electrons. The molecule has 0 saturated carbocycles. The van der Waals surface area contributed by atoms with Crippen molar-refractivity contribution in [3.63, 3.8) is 0 Å². The lowest BCUT2D eigenvalue weighted by molar-refractivity contribution is -0.136. The molecule has 0 unspecified atom stereocenters. The van der Waals surface area contributed by atoms with Gasteiger partial charge in [0.05, 0.1) is 0 Å². The predicted octanol–water partition coefficient (Wildman–Crippen LogP) is 1.33. The Kier molecular flexibility index (Phi) is 9.45. The number of nitrogens with one attached hydrogen (secondary N) is 3. The molecule has 10 nitrogen and oxygen atoms in total. The fraction of sp³-hybridized carbons (Fsp3) is 0.545. The Balaban J connectivity index is 1.99. The van der Waals surface area contributed by atoms with Gasteiger partial charge >= 0.3 is 6.09 Å². The summed E-state index contributed by atoms with van der Waals surface area (Å²) in [5, 5.41) is 13.9. The van der Waals surface area contributed by atoms with Crippen molar-refractivity contribution in [2.75, 3.05) is 6.54 Å². The molecule has 4 N–H and O–H groups in total. The summed E-state index contributed by atoms with van der Waals surface area (Å²) in [5.74, 6) is -1.67. The summed E-state index contributed by atoms with van der Waals surface area (Å²) in [5.41, 5.74) is 2.32. The molecule has 0 aliphatic carbocycles. The highest BCUT2D eigenvalue weighted by Gasteiger charge is 2.37. The van der Waals surface area contributed by atoms with Gasteiger partial charge in [-0.3, -0.25) is 24.5 Å². The van der Waals surface area contributed by atoms with Crippen LogP contribution in [0.1, 0.15) is 45.6 Å². The average Bonchev–Trinajstić information content (AvgIpc) is 3.27. The lowest BCUT2D eigenvalue weighted by Crippen LogP contribution is -2.56. The lowest BCUT2D eigenvalue weighted by Gasteiger charge is -2.27. The lowest BCUT2D eigenvalue weighted by atomic mass is 10.0. The van der Waals surface area contributed by atoms with E-state index in [1.54, 1.807) is 0 Å². The number of nitrogens with zero attached hydrogens (tertiary/aromatic N) is 1. The third-order valence-corrected chi connectivity index (χ3v) is 5.20. The van der Waals surface area contributed by atoms with Gasteiger partial charge in [0.25, 0.3) is 5.91 Å². The molecule has 2 rings (SSSR count). The summed E-state index contributed by atoms with van der Waals surface area (Å²) in [7, 11) is 0. The van der Waals surface area contributed by atoms with Crippen LogP contribution < -0.4 is 16.1 Å². The second-order valence-corrected chi connectivity index (χ2v) is 8.29. The van der Waals surface area contributed by atoms with Gasteiger partial charge in [0.1, 0.15) is 24.7 Å². The molecular formula is C22H32N4O6. The van der Waals surface area contributed by atoms with Crippen molar-refractivity contribution in [3.8, 4) is 0 Å². The quantitative estimate of drug-likeness (QED) is 0.332. The van der Waals surface area contributed by atoms with Crippen LogP contribution in [0, 0.1) is 5.92 Å². The fourth-order valence-electron chi connectivity index (χ4n) is 3.51. The number of carbonyl (C=O) groups is 4. The number of benzene rings is 1. The van der Waals surface area contributed by atoms with Crippen LogP contribution in [-0.2, 0) is 25.7 Å². The SMILES string of the molecule is CC(C)C[C@H](NC(=O)[C@@H]1CCCN1C(=O)OCc1ccccc1)C(=O)N[C@@H](C)C(=O)NO. The molecule has 0 aromatic heterocycles. The minimum Gasteiger partial charge on any atom is -0.445 e. The molecule has 3 atom stereocenters. The summed E-state index contributed by atoms with van der Waals surface area (Å²) in [4.78, 5) is 51.0. The van der Waals surface area contributed by atoms with Crippen molar-refractivity contribution >= 4 is 23.8 Å². The minimum absolute atomic E-state index is 0.0866. The number of likely N-dealkylation sites (tertiary alicyclic amines) is 1. The maximum atomic E-state index is 12.9. The maximum absolute atomic E-state index is 12.9. The number of hydroxylamine groups is 1. The molecular weight excluding hydrogens is 416 g/mol. The van der Waals surface area contributed by atoms with E-state index in [1.165, 1.54) is 17.3 Å². The van der Waals surface area contributed by atoms with Crippen LogP contribution in [-0.4, -0.2) is 58.6 Å². The highest BCUT2D eigenvalue weighted by Crippen LogP contribution is 2.20. The summed E-state index contributed by atoms with van der Waals surface area (Å²) in [6.45, 7) is 5.71. The molecule has 10 heteroatoms. The zero-order valence-electron chi connectivity index (χ0n) is 18.7. The van der Waals surface area contributed by atoms with E-state index in [4.69, 9.17) is 9.94 Å². The van der Waals surface area contributed by atoms with Crippen molar-refractivity contribution < 1.29 is 29.1 Å². The monoisotopic (exact) mass is 448 g/mol. The van der Waals surface area contributed by atoms with Gasteiger partial charge in [-0.2, -0.15) is 0 Å². The van der Waals surface area contributed by atoms with Crippen LogP contribution in [0.5, 0.6) is 0 Å². The van der Waals surface area contributed by atoms with Gasteiger partial charge in [0.15, 0.2) is 0 Å². The molecule has 0 spiro atoms. The first-order valence-electron chi connectivity index (χ1n) is 10.7. The first-order valence-corrected chi connectivity index (χ1v) is 10.7. The summed E-state index contributed by atoms with van der Waals surface area (Å²) in [6, 6.07) is 6.64. The van der Waals surface area contributed by atoms with E-state index in [2.05, 4.69) is 10.6 Å². The van der Waals surface area contributed by atoms with Crippen molar-refractivity contribution in [3.05, 3.63) is 35.9 Å². The Morgan fingerprint density at radius 2 is 1.78 bits per heavy atom. The standard InChI is InChI=1S/C22H32N4O6/c1-14(2)12-17(20(28)23-15(3)19(27)25-31)24-21(29)18-10-7-11-26(18)22(30)32-13-16-8-5-4-6-9-16/h4-6,8-9,14-15,17-18,31H,7,10-13H2,1-3H3,(H,23,28)(H,24,29)(H,25,27)/t15-,17-,18-/m0/s1. The normalized spacial score (nSPS) is 17.4. The molecule has 1 fully saturated rings. The molecule has 0 bridgehead atoms. The number of ether oxygens (including phenoxy) is 1. The molecule has 1 saturated heterocycles. The van der Waals surface area contributed by atoms with Crippen molar-refractivity contribution in [2.45, 2.75) is 64.8 Å². The third kappa shape index (κ3) is 7.23. The number of amides is 4. The Morgan fingerprint density at radius 3 is 2.41 bits per heavy atom. The van der Waals surface area contributed by atoms with Crippen LogP contribution in [0.4, 0.5) is 4.79 Å². The second-order valence-electron chi connectivity index (χ2n) is 8.29. The third-order valence-electron chi connectivity index (χ3n) is 5.20. The van der Waals surface area contributed by atoms with E-state index >= 15 is 0 Å². The fourth-order valence-corrected chi connectivity index (χ4v) is 3.51. The molecule has 0 radical (unpaired) electrons. The van der Waals surface area contributed by atoms with Crippen LogP contribution >= 0.6 is 0 Å². The first-order chi connectivity index (χ1) is 15.2. The maximum Gasteiger partial charge on any atom is 0.410 e. The van der Waals surface area contributed by atoms with Gasteiger partial charge in [-0.05, 0) is 37.7 Å². The van der Waals surface area contributed by atoms with E-state index in [9.17, 15) is 19.2 Å². The van der Waals surface area contributed by atoms with E-state index < -0.39 is 41.9 Å². The highest BCUT2D eigenvalue weighted by molar-refractivity contribution is 5.93. The van der Waals surface area contributed by atoms with Gasteiger partial charge in [-0.1, -0.05) is 44.2 Å². The van der Waals surface area contributed by atoms with Crippen LogP contribution in [0.25, 0.3) is 0 Å². The molecule has 1 aromatic carbocycles. The molecule has 1 aromatic rings. The molecule has 32 heavy (non-hydrogen) atoms. The summed E-state index contributed by atoms with van der Waals surface area (Å²) in [6.07, 6.45) is 0.874. The van der Waals surface area contributed by atoms with Crippen LogP contribution in [0.2, 0.25) is 0 Å². The number of hydrogen-bond donors (Lipinski definition) is 4. The summed E-state index contributed by atoms with van der Waals surface area (Å²) >= 11 is 0. The smallest absolute Gasteiger partial charge is 0.410 e. The van der Waals surface area contributed by atoms with E-state index in [1.807, 2.05) is 44.2 Å². The summed E-state index contributed by atoms with van der Waals surface area (Å²) < 4.78 is 5.36. The van der Waals surface area contributed by atoms with E-state index in [0.717, 1.165) is 5.56 Å². The average molecular weight is 449 g/mol. The Hall–Kier alpha value is -3.14. The van der Waals surface area contributed by atoms with Gasteiger partial charge in [0, 0.05) is 6.54 Å². The van der Waals surface area contributed by atoms with Crippen molar-refractivity contribution in [2.24, 2.45) is 5.92 Å². The first kappa shape index (κ1) is 25.1. The zero-order chi connectivity index (χ0) is 23.7. The zero-order valence-corrected chi connectivity index (χ0v) is 18.7. The molecule has 1 aliphatic heterocycles. The Labute approximate surface area is 187 Å². The molecule has 1 aliphatic rings. The molecule has 4 amide bonds. The van der Waals surface area contributed by atoms with Crippen LogP contribution in [0.15, 0.2) is 30.3 Å². The largest absolute Gasteiger partial charge is 0.445 e. The number of rotatable bonds is 9. The minimum atomic E-state index is -0.977. The number of hydrogen-bond acceptors (Lipinski definition) is 6.